The maximum absolute atomic E-state index is 13.7. The molecule has 0 spiro atoms. The summed E-state index contributed by atoms with van der Waals surface area (Å²) < 4.78 is 18.7. The lowest BCUT2D eigenvalue weighted by Gasteiger charge is -2.26. The number of fused-ring (bicyclic) bond motifs is 2. The molecule has 0 radical (unpaired) electrons. The van der Waals surface area contributed by atoms with Crippen LogP contribution in [-0.4, -0.2) is 46.1 Å². The number of aryl methyl sites for hydroxylation is 2. The number of carbonyl (C=O) groups excluding carboxylic acids is 1. The van der Waals surface area contributed by atoms with Crippen molar-refractivity contribution >= 4 is 22.6 Å². The van der Waals surface area contributed by atoms with Crippen LogP contribution >= 0.6 is 0 Å². The van der Waals surface area contributed by atoms with Gasteiger partial charge in [-0.05, 0) is 50.5 Å². The second-order valence-corrected chi connectivity index (χ2v) is 7.69. The third kappa shape index (κ3) is 2.65. The molecule has 5 rings (SSSR count). The normalized spacial score (nSPS) is 21.5. The minimum Gasteiger partial charge on any atom is -0.361 e. The van der Waals surface area contributed by atoms with Crippen molar-refractivity contribution in [3.8, 4) is 0 Å². The van der Waals surface area contributed by atoms with Crippen molar-refractivity contribution in [3.63, 3.8) is 0 Å². The number of hydrogen-bond donors (Lipinski definition) is 0. The minimum absolute atomic E-state index is 0.0732. The van der Waals surface area contributed by atoms with E-state index in [4.69, 9.17) is 9.51 Å². The van der Waals surface area contributed by atoms with Crippen LogP contribution in [0, 0.1) is 19.7 Å². The van der Waals surface area contributed by atoms with E-state index in [1.165, 1.54) is 12.1 Å². The van der Waals surface area contributed by atoms with Crippen LogP contribution in [0.3, 0.4) is 0 Å². The van der Waals surface area contributed by atoms with E-state index in [9.17, 15) is 9.18 Å². The van der Waals surface area contributed by atoms with Gasteiger partial charge in [0.2, 0.25) is 0 Å². The Balaban J connectivity index is 1.43. The van der Waals surface area contributed by atoms with Gasteiger partial charge in [0.1, 0.15) is 17.4 Å². The maximum atomic E-state index is 13.7. The van der Waals surface area contributed by atoms with E-state index in [1.54, 1.807) is 19.1 Å². The average Bonchev–Trinajstić information content (AvgIpc) is 3.36. The van der Waals surface area contributed by atoms with E-state index in [2.05, 4.69) is 16.1 Å². The molecule has 0 N–H and O–H groups in total. The molecule has 3 aromatic rings. The summed E-state index contributed by atoms with van der Waals surface area (Å²) in [6, 6.07) is 8.83. The van der Waals surface area contributed by atoms with E-state index in [1.807, 2.05) is 11.8 Å². The molecule has 2 aliphatic heterocycles. The first kappa shape index (κ1) is 17.2. The molecule has 2 fully saturated rings. The van der Waals surface area contributed by atoms with Gasteiger partial charge in [-0.15, -0.1) is 0 Å². The van der Waals surface area contributed by atoms with Crippen molar-refractivity contribution < 1.29 is 13.7 Å². The third-order valence-corrected chi connectivity index (χ3v) is 5.94. The minimum atomic E-state index is -0.281. The van der Waals surface area contributed by atoms with Crippen LogP contribution in [0.4, 0.5) is 10.2 Å². The first-order chi connectivity index (χ1) is 13.5. The number of amides is 1. The van der Waals surface area contributed by atoms with Crippen LogP contribution in [0.15, 0.2) is 34.9 Å². The highest BCUT2D eigenvalue weighted by molar-refractivity contribution is 5.93. The van der Waals surface area contributed by atoms with Crippen LogP contribution in [0.2, 0.25) is 0 Å². The highest BCUT2D eigenvalue weighted by Gasteiger charge is 2.45. The molecule has 0 bridgehead atoms. The summed E-state index contributed by atoms with van der Waals surface area (Å²) in [6.07, 6.45) is 1.77. The molecule has 28 heavy (non-hydrogen) atoms. The van der Waals surface area contributed by atoms with Gasteiger partial charge in [-0.2, -0.15) is 0 Å². The predicted molar refractivity (Wildman–Crippen MR) is 103 cm³/mol. The lowest BCUT2D eigenvalue weighted by atomic mass is 10.1. The van der Waals surface area contributed by atoms with E-state index in [0.717, 1.165) is 36.2 Å². The third-order valence-electron chi connectivity index (χ3n) is 5.94. The van der Waals surface area contributed by atoms with Gasteiger partial charge in [-0.1, -0.05) is 5.16 Å². The van der Waals surface area contributed by atoms with E-state index in [-0.39, 0.29) is 23.8 Å². The molecule has 1 amide bonds. The van der Waals surface area contributed by atoms with Crippen molar-refractivity contribution in [2.24, 2.45) is 0 Å². The fourth-order valence-electron chi connectivity index (χ4n) is 4.64. The van der Waals surface area contributed by atoms with Crippen molar-refractivity contribution in [1.82, 2.24) is 15.0 Å². The van der Waals surface area contributed by atoms with Crippen LogP contribution in [0.1, 0.15) is 34.7 Å². The van der Waals surface area contributed by atoms with Crippen molar-refractivity contribution in [2.45, 2.75) is 38.8 Å². The largest absolute Gasteiger partial charge is 0.361 e. The van der Waals surface area contributed by atoms with Gasteiger partial charge in [-0.25, -0.2) is 9.37 Å². The molecule has 2 atom stereocenters. The SMILES string of the molecule is Cc1cc(C(=O)N2CC[C@H]3[C@@H]2CCN3c2cc(C)c3ccc(F)cc3n2)no1. The quantitative estimate of drug-likeness (QED) is 0.681. The number of rotatable bonds is 2. The molecule has 0 saturated carbocycles. The van der Waals surface area contributed by atoms with Gasteiger partial charge in [0.15, 0.2) is 5.69 Å². The number of carbonyl (C=O) groups is 1. The molecule has 7 heteroatoms. The zero-order chi connectivity index (χ0) is 19.4. The van der Waals surface area contributed by atoms with Crippen LogP contribution in [0.25, 0.3) is 10.9 Å². The van der Waals surface area contributed by atoms with Crippen molar-refractivity contribution in [1.29, 1.82) is 0 Å². The summed E-state index contributed by atoms with van der Waals surface area (Å²) in [5, 5.41) is 4.84. The van der Waals surface area contributed by atoms with E-state index in [0.29, 0.717) is 23.5 Å². The van der Waals surface area contributed by atoms with Crippen LogP contribution < -0.4 is 4.90 Å². The standard InChI is InChI=1S/C21H21FN4O2/c1-12-9-20(23-16-11-14(22)3-4-15(12)16)25-7-5-19-18(25)6-8-26(19)21(27)17-10-13(2)28-24-17/h3-4,9-11,18-19H,5-8H2,1-2H3/t18-,19-/m0/s1. The van der Waals surface area contributed by atoms with Crippen molar-refractivity contribution in [2.75, 3.05) is 18.0 Å². The van der Waals surface area contributed by atoms with Gasteiger partial charge in [0, 0.05) is 30.6 Å². The van der Waals surface area contributed by atoms with Gasteiger partial charge in [0.25, 0.3) is 5.91 Å². The number of nitrogens with zero attached hydrogens (tertiary/aromatic N) is 4. The lowest BCUT2D eigenvalue weighted by Crippen LogP contribution is -2.40. The molecule has 144 valence electrons. The monoisotopic (exact) mass is 380 g/mol. The number of aromatic nitrogens is 2. The fourth-order valence-corrected chi connectivity index (χ4v) is 4.64. The topological polar surface area (TPSA) is 62.5 Å². The van der Waals surface area contributed by atoms with Crippen LogP contribution in [0.5, 0.6) is 0 Å². The summed E-state index contributed by atoms with van der Waals surface area (Å²) in [5.41, 5.74) is 2.11. The van der Waals surface area contributed by atoms with E-state index < -0.39 is 0 Å². The number of halogens is 1. The summed E-state index contributed by atoms with van der Waals surface area (Å²) in [5.74, 6) is 1.14. The Labute approximate surface area is 161 Å². The molecule has 4 heterocycles. The Hall–Kier alpha value is -2.96. The number of benzene rings is 1. The maximum Gasteiger partial charge on any atom is 0.276 e. The van der Waals surface area contributed by atoms with Gasteiger partial charge in [-0.3, -0.25) is 4.79 Å². The second-order valence-electron chi connectivity index (χ2n) is 7.69. The fraction of sp³-hybridized carbons (Fsp3) is 0.381. The molecule has 0 unspecified atom stereocenters. The zero-order valence-electron chi connectivity index (χ0n) is 15.9. The second kappa shape index (κ2) is 6.29. The van der Waals surface area contributed by atoms with Crippen molar-refractivity contribution in [3.05, 3.63) is 53.2 Å². The van der Waals surface area contributed by atoms with Crippen LogP contribution in [-0.2, 0) is 0 Å². The first-order valence-electron chi connectivity index (χ1n) is 9.59. The van der Waals surface area contributed by atoms with Gasteiger partial charge >= 0.3 is 0 Å². The molecule has 2 aromatic heterocycles. The Morgan fingerprint density at radius 2 is 1.96 bits per heavy atom. The molecule has 1 aromatic carbocycles. The molecule has 2 aliphatic rings. The Bertz CT molecular complexity index is 1080. The smallest absolute Gasteiger partial charge is 0.276 e. The summed E-state index contributed by atoms with van der Waals surface area (Å²) in [6.45, 7) is 5.32. The number of pyridine rings is 1. The molecule has 2 saturated heterocycles. The molecular formula is C21H21FN4O2. The highest BCUT2D eigenvalue weighted by atomic mass is 19.1. The highest BCUT2D eigenvalue weighted by Crippen LogP contribution is 2.36. The molecular weight excluding hydrogens is 359 g/mol. The van der Waals surface area contributed by atoms with Gasteiger partial charge < -0.3 is 14.3 Å². The average molecular weight is 380 g/mol. The lowest BCUT2D eigenvalue weighted by molar-refractivity contribution is 0.0727. The predicted octanol–water partition coefficient (Wildman–Crippen LogP) is 3.47. The summed E-state index contributed by atoms with van der Waals surface area (Å²) >= 11 is 0. The summed E-state index contributed by atoms with van der Waals surface area (Å²) in [7, 11) is 0. The Morgan fingerprint density at radius 3 is 2.75 bits per heavy atom. The van der Waals surface area contributed by atoms with Gasteiger partial charge in [0.05, 0.1) is 17.6 Å². The number of likely N-dealkylation sites (tertiary alicyclic amines) is 1. The zero-order valence-corrected chi connectivity index (χ0v) is 15.9. The first-order valence-corrected chi connectivity index (χ1v) is 9.59. The van der Waals surface area contributed by atoms with E-state index >= 15 is 0 Å². The number of anilines is 1. The summed E-state index contributed by atoms with van der Waals surface area (Å²) in [4.78, 5) is 21.7. The molecule has 6 nitrogen and oxygen atoms in total. The number of hydrogen-bond acceptors (Lipinski definition) is 5. The Kier molecular flexibility index (Phi) is 3.86. The molecule has 0 aliphatic carbocycles. The Morgan fingerprint density at radius 1 is 1.14 bits per heavy atom.